The van der Waals surface area contributed by atoms with Gasteiger partial charge in [0.15, 0.2) is 0 Å². The van der Waals surface area contributed by atoms with Gasteiger partial charge in [0, 0.05) is 33.2 Å². The first-order valence-electron chi connectivity index (χ1n) is 16.7. The SMILES string of the molecule is COc1cc(C)c(S(=O)(=O)N(C)C(C)c2nc3c(C(=O)N4CCC5(CC4)CCN(S(=O)(=O)c4ccc(F)c(C#N)c4)CC5)cccc3[nH]2)c(C)c1. The van der Waals surface area contributed by atoms with Gasteiger partial charge in [0.2, 0.25) is 20.0 Å². The number of H-pyrrole nitrogens is 1. The van der Waals surface area contributed by atoms with Crippen molar-refractivity contribution in [1.29, 1.82) is 5.26 Å². The quantitative estimate of drug-likeness (QED) is 0.256. The van der Waals surface area contributed by atoms with Crippen molar-refractivity contribution in [2.75, 3.05) is 40.3 Å². The van der Waals surface area contributed by atoms with Crippen LogP contribution in [0.3, 0.4) is 0 Å². The van der Waals surface area contributed by atoms with Crippen molar-refractivity contribution >= 4 is 37.0 Å². The standard InChI is InChI=1S/C36H41FN6O6S2/c1-23-19-27(49-5)20-24(2)33(23)51(47,48)41(4)25(3)34-39-31-8-6-7-29(32(31)40-34)35(44)42-15-11-36(12-16-42)13-17-43(18-14-36)50(45,46)28-9-10-30(37)26(21-28)22-38/h6-10,19-21,25H,11-18H2,1-5H3,(H,39,40). The number of para-hydroxylation sites is 1. The van der Waals surface area contributed by atoms with Gasteiger partial charge < -0.3 is 14.6 Å². The number of nitriles is 1. The molecule has 2 aliphatic heterocycles. The first kappa shape index (κ1) is 36.4. The molecule has 1 spiro atoms. The summed E-state index contributed by atoms with van der Waals surface area (Å²) in [4.78, 5) is 23.8. The molecule has 12 nitrogen and oxygen atoms in total. The minimum atomic E-state index is -3.92. The third-order valence-electron chi connectivity index (χ3n) is 10.6. The zero-order chi connectivity index (χ0) is 36.9. The molecule has 0 radical (unpaired) electrons. The Hall–Kier alpha value is -4.36. The first-order valence-corrected chi connectivity index (χ1v) is 19.6. The van der Waals surface area contributed by atoms with Crippen molar-refractivity contribution in [2.24, 2.45) is 5.41 Å². The zero-order valence-electron chi connectivity index (χ0n) is 29.2. The molecule has 15 heteroatoms. The van der Waals surface area contributed by atoms with Gasteiger partial charge in [0.25, 0.3) is 5.91 Å². The smallest absolute Gasteiger partial charge is 0.256 e. The summed E-state index contributed by atoms with van der Waals surface area (Å²) in [6.07, 6.45) is 2.69. The average Bonchev–Trinajstić information content (AvgIpc) is 3.56. The summed E-state index contributed by atoms with van der Waals surface area (Å²) in [6.45, 7) is 6.81. The van der Waals surface area contributed by atoms with E-state index < -0.39 is 31.9 Å². The Morgan fingerprint density at radius 2 is 1.65 bits per heavy atom. The normalized spacial score (nSPS) is 17.5. The average molecular weight is 737 g/mol. The number of benzene rings is 3. The molecule has 1 aromatic heterocycles. The van der Waals surface area contributed by atoms with Crippen LogP contribution >= 0.6 is 0 Å². The molecule has 2 saturated heterocycles. The molecule has 2 fully saturated rings. The number of aromatic nitrogens is 2. The van der Waals surface area contributed by atoms with Crippen LogP contribution in [0.2, 0.25) is 0 Å². The van der Waals surface area contributed by atoms with Crippen molar-refractivity contribution in [3.05, 3.63) is 82.4 Å². The highest BCUT2D eigenvalue weighted by Gasteiger charge is 2.42. The lowest BCUT2D eigenvalue weighted by atomic mass is 9.71. The van der Waals surface area contributed by atoms with E-state index in [2.05, 4.69) is 4.98 Å². The Labute approximate surface area is 297 Å². The van der Waals surface area contributed by atoms with Gasteiger partial charge in [-0.25, -0.2) is 26.2 Å². The summed E-state index contributed by atoms with van der Waals surface area (Å²) < 4.78 is 76.0. The second-order valence-electron chi connectivity index (χ2n) is 13.6. The molecule has 1 N–H and O–H groups in total. The van der Waals surface area contributed by atoms with Crippen LogP contribution in [0.25, 0.3) is 11.0 Å². The number of nitrogens with one attached hydrogen (secondary N) is 1. The number of ether oxygens (including phenoxy) is 1. The van der Waals surface area contributed by atoms with E-state index in [1.54, 1.807) is 56.0 Å². The number of fused-ring (bicyclic) bond motifs is 1. The number of piperidine rings is 2. The van der Waals surface area contributed by atoms with Crippen LogP contribution in [-0.2, 0) is 20.0 Å². The van der Waals surface area contributed by atoms with Crippen molar-refractivity contribution in [2.45, 2.75) is 62.3 Å². The van der Waals surface area contributed by atoms with Crippen LogP contribution in [0.1, 0.15) is 71.5 Å². The lowest BCUT2D eigenvalue weighted by molar-refractivity contribution is 0.0425. The summed E-state index contributed by atoms with van der Waals surface area (Å²) in [7, 11) is -4.76. The fraction of sp³-hybridized carbons (Fsp3) is 0.417. The van der Waals surface area contributed by atoms with E-state index in [1.807, 2.05) is 6.07 Å². The lowest BCUT2D eigenvalue weighted by Gasteiger charge is -2.46. The molecule has 1 amide bonds. The molecule has 3 aromatic carbocycles. The third-order valence-corrected chi connectivity index (χ3v) is 14.7. The van der Waals surface area contributed by atoms with Gasteiger partial charge in [-0.3, -0.25) is 4.79 Å². The number of carbonyl (C=O) groups is 1. The minimum Gasteiger partial charge on any atom is -0.497 e. The van der Waals surface area contributed by atoms with Gasteiger partial charge in [-0.15, -0.1) is 0 Å². The molecular formula is C36H41FN6O6S2. The van der Waals surface area contributed by atoms with E-state index in [-0.39, 0.29) is 26.7 Å². The highest BCUT2D eigenvalue weighted by atomic mass is 32.2. The van der Waals surface area contributed by atoms with Crippen molar-refractivity contribution in [3.8, 4) is 11.8 Å². The highest BCUT2D eigenvalue weighted by molar-refractivity contribution is 7.89. The molecule has 51 heavy (non-hydrogen) atoms. The predicted molar refractivity (Wildman–Crippen MR) is 189 cm³/mol. The summed E-state index contributed by atoms with van der Waals surface area (Å²) in [6, 6.07) is 13.0. The van der Waals surface area contributed by atoms with Crippen LogP contribution in [0, 0.1) is 36.4 Å². The van der Waals surface area contributed by atoms with Gasteiger partial charge >= 0.3 is 0 Å². The maximum Gasteiger partial charge on any atom is 0.256 e. The van der Waals surface area contributed by atoms with Gasteiger partial charge in [0.05, 0.1) is 39.6 Å². The second kappa shape index (κ2) is 13.6. The molecule has 0 aliphatic carbocycles. The number of aromatic amines is 1. The van der Waals surface area contributed by atoms with Gasteiger partial charge in [0.1, 0.15) is 29.0 Å². The largest absolute Gasteiger partial charge is 0.497 e. The van der Waals surface area contributed by atoms with Gasteiger partial charge in [-0.1, -0.05) is 6.07 Å². The van der Waals surface area contributed by atoms with E-state index in [9.17, 15) is 26.0 Å². The summed E-state index contributed by atoms with van der Waals surface area (Å²) in [5.41, 5.74) is 2.22. The number of sulfonamides is 2. The molecule has 1 atom stereocenters. The Bertz CT molecular complexity index is 2240. The number of halogens is 1. The third kappa shape index (κ3) is 6.61. The Balaban J connectivity index is 1.14. The molecular weight excluding hydrogens is 696 g/mol. The van der Waals surface area contributed by atoms with E-state index in [0.29, 0.717) is 91.2 Å². The fourth-order valence-electron chi connectivity index (χ4n) is 7.34. The van der Waals surface area contributed by atoms with Gasteiger partial charge in [-0.2, -0.15) is 13.9 Å². The van der Waals surface area contributed by atoms with E-state index >= 15 is 0 Å². The number of imidazole rings is 1. The number of methoxy groups -OCH3 is 1. The number of hydrogen-bond donors (Lipinski definition) is 1. The highest BCUT2D eigenvalue weighted by Crippen LogP contribution is 2.43. The zero-order valence-corrected chi connectivity index (χ0v) is 30.9. The summed E-state index contributed by atoms with van der Waals surface area (Å²) in [5, 5.41) is 9.15. The Morgan fingerprint density at radius 1 is 1.02 bits per heavy atom. The molecule has 1 unspecified atom stereocenters. The number of hydrogen-bond acceptors (Lipinski definition) is 8. The van der Waals surface area contributed by atoms with Crippen molar-refractivity contribution < 1.29 is 30.8 Å². The maximum absolute atomic E-state index is 13.9. The number of aryl methyl sites for hydroxylation is 2. The number of rotatable bonds is 8. The number of nitrogens with zero attached hydrogens (tertiary/aromatic N) is 5. The van der Waals surface area contributed by atoms with Crippen LogP contribution < -0.4 is 4.74 Å². The number of likely N-dealkylation sites (tertiary alicyclic amines) is 1. The van der Waals surface area contributed by atoms with E-state index in [0.717, 1.165) is 12.1 Å². The summed E-state index contributed by atoms with van der Waals surface area (Å²) in [5.74, 6) is 0.0528. The maximum atomic E-state index is 13.9. The molecule has 2 aliphatic rings. The summed E-state index contributed by atoms with van der Waals surface area (Å²) >= 11 is 0. The molecule has 6 rings (SSSR count). The predicted octanol–water partition coefficient (Wildman–Crippen LogP) is 5.29. The van der Waals surface area contributed by atoms with Crippen LogP contribution in [0.5, 0.6) is 5.75 Å². The monoisotopic (exact) mass is 736 g/mol. The van der Waals surface area contributed by atoms with Crippen LogP contribution in [0.4, 0.5) is 4.39 Å². The van der Waals surface area contributed by atoms with Gasteiger partial charge in [-0.05, 0) is 105 Å². The fourth-order valence-corrected chi connectivity index (χ4v) is 10.5. The van der Waals surface area contributed by atoms with E-state index in [1.165, 1.54) is 28.8 Å². The second-order valence-corrected chi connectivity index (χ2v) is 17.4. The molecule has 0 saturated carbocycles. The van der Waals surface area contributed by atoms with Crippen molar-refractivity contribution in [3.63, 3.8) is 0 Å². The van der Waals surface area contributed by atoms with Crippen LogP contribution in [0.15, 0.2) is 58.3 Å². The number of amides is 1. The molecule has 3 heterocycles. The lowest BCUT2D eigenvalue weighted by Crippen LogP contribution is -2.49. The molecule has 270 valence electrons. The first-order chi connectivity index (χ1) is 24.1. The molecule has 0 bridgehead atoms. The topological polar surface area (TPSA) is 157 Å². The Morgan fingerprint density at radius 3 is 2.25 bits per heavy atom. The van der Waals surface area contributed by atoms with E-state index in [4.69, 9.17) is 15.0 Å². The van der Waals surface area contributed by atoms with Crippen molar-refractivity contribution in [1.82, 2.24) is 23.5 Å². The van der Waals surface area contributed by atoms with Crippen LogP contribution in [-0.4, -0.2) is 86.6 Å². The Kier molecular flexibility index (Phi) is 9.75. The minimum absolute atomic E-state index is 0.0994. The molecule has 4 aromatic rings. The number of carbonyl (C=O) groups excluding carboxylic acids is 1.